The van der Waals surface area contributed by atoms with Crippen LogP contribution in [0.25, 0.3) is 11.3 Å². The molecule has 20 heavy (non-hydrogen) atoms. The molecule has 6 nitrogen and oxygen atoms in total. The van der Waals surface area contributed by atoms with Crippen LogP contribution in [-0.2, 0) is 0 Å². The number of nitrogens with zero attached hydrogens (tertiary/aromatic N) is 1. The van der Waals surface area contributed by atoms with Crippen LogP contribution in [0.3, 0.4) is 0 Å². The lowest BCUT2D eigenvalue weighted by Gasteiger charge is -2.15. The van der Waals surface area contributed by atoms with Crippen LogP contribution in [0.15, 0.2) is 15.1 Å². The van der Waals surface area contributed by atoms with E-state index in [1.807, 2.05) is 0 Å². The summed E-state index contributed by atoms with van der Waals surface area (Å²) in [6.07, 6.45) is 0. The fraction of sp³-hybridized carbons (Fsp3) is 0.231. The van der Waals surface area contributed by atoms with E-state index in [1.165, 1.54) is 13.2 Å². The molecule has 1 heterocycles. The lowest BCUT2D eigenvalue weighted by molar-refractivity contribution is 0.0686. The van der Waals surface area contributed by atoms with Crippen LogP contribution in [0.5, 0.6) is 11.5 Å². The van der Waals surface area contributed by atoms with E-state index < -0.39 is 5.97 Å². The van der Waals surface area contributed by atoms with Gasteiger partial charge in [-0.2, -0.15) is 0 Å². The van der Waals surface area contributed by atoms with Gasteiger partial charge in [0, 0.05) is 16.1 Å². The van der Waals surface area contributed by atoms with Crippen molar-refractivity contribution in [1.29, 1.82) is 0 Å². The molecule has 0 atom stereocenters. The smallest absolute Gasteiger partial charge is 0.358 e. The van der Waals surface area contributed by atoms with Crippen molar-refractivity contribution in [3.05, 3.63) is 27.4 Å². The maximum Gasteiger partial charge on any atom is 0.358 e. The first kappa shape index (κ1) is 14.4. The zero-order chi connectivity index (χ0) is 15.0. The van der Waals surface area contributed by atoms with E-state index in [0.717, 1.165) is 10.0 Å². The Morgan fingerprint density at radius 2 is 2.05 bits per heavy atom. The molecular formula is C13H12BrNO5. The highest BCUT2D eigenvalue weighted by Crippen LogP contribution is 2.46. The number of benzene rings is 1. The topological polar surface area (TPSA) is 92.8 Å². The van der Waals surface area contributed by atoms with Crippen molar-refractivity contribution >= 4 is 21.9 Å². The van der Waals surface area contributed by atoms with Crippen LogP contribution in [-0.4, -0.2) is 28.4 Å². The summed E-state index contributed by atoms with van der Waals surface area (Å²) in [6.45, 7) is 3.57. The van der Waals surface area contributed by atoms with Crippen LogP contribution < -0.4 is 4.74 Å². The van der Waals surface area contributed by atoms with Crippen LogP contribution >= 0.6 is 15.9 Å². The third-order valence-electron chi connectivity index (χ3n) is 3.01. The number of aromatic nitrogens is 1. The Labute approximate surface area is 123 Å². The Hall–Kier alpha value is -2.02. The molecule has 0 amide bonds. The fourth-order valence-electron chi connectivity index (χ4n) is 2.00. The summed E-state index contributed by atoms with van der Waals surface area (Å²) in [5, 5.41) is 22.6. The van der Waals surface area contributed by atoms with Crippen LogP contribution in [0.4, 0.5) is 0 Å². The highest BCUT2D eigenvalue weighted by atomic mass is 79.9. The molecule has 0 aliphatic rings. The molecule has 7 heteroatoms. The Morgan fingerprint density at radius 1 is 1.40 bits per heavy atom. The largest absolute Gasteiger partial charge is 0.504 e. The van der Waals surface area contributed by atoms with Gasteiger partial charge in [0.25, 0.3) is 0 Å². The van der Waals surface area contributed by atoms with Crippen molar-refractivity contribution in [3.63, 3.8) is 0 Å². The maximum absolute atomic E-state index is 10.8. The summed E-state index contributed by atoms with van der Waals surface area (Å²) < 4.78 is 10.9. The van der Waals surface area contributed by atoms with Gasteiger partial charge in [-0.1, -0.05) is 21.1 Å². The molecule has 0 unspecified atom stereocenters. The summed E-state index contributed by atoms with van der Waals surface area (Å²) in [4.78, 5) is 10.8. The normalized spacial score (nSPS) is 10.6. The number of aromatic carboxylic acids is 1. The van der Waals surface area contributed by atoms with E-state index >= 15 is 0 Å². The van der Waals surface area contributed by atoms with Gasteiger partial charge in [0.15, 0.2) is 23.0 Å². The minimum absolute atomic E-state index is 0.112. The molecule has 0 aliphatic carbocycles. The molecule has 0 bridgehead atoms. The highest BCUT2D eigenvalue weighted by Gasteiger charge is 2.23. The number of ether oxygens (including phenoxy) is 1. The Bertz CT molecular complexity index is 693. The van der Waals surface area contributed by atoms with Crippen LogP contribution in [0.2, 0.25) is 0 Å². The number of phenolic OH excluding ortho intramolecular Hbond substituents is 1. The van der Waals surface area contributed by atoms with E-state index in [-0.39, 0.29) is 17.2 Å². The zero-order valence-corrected chi connectivity index (χ0v) is 12.6. The van der Waals surface area contributed by atoms with Crippen molar-refractivity contribution < 1.29 is 24.3 Å². The molecule has 0 saturated carbocycles. The van der Waals surface area contributed by atoms with Gasteiger partial charge in [-0.05, 0) is 19.4 Å². The van der Waals surface area contributed by atoms with Gasteiger partial charge in [-0.15, -0.1) is 0 Å². The van der Waals surface area contributed by atoms with Crippen molar-refractivity contribution in [2.24, 2.45) is 0 Å². The number of rotatable bonds is 3. The number of carboxylic acid groups (broad SMARTS) is 1. The Morgan fingerprint density at radius 3 is 2.55 bits per heavy atom. The first-order valence-electron chi connectivity index (χ1n) is 5.64. The summed E-state index contributed by atoms with van der Waals surface area (Å²) >= 11 is 3.42. The second-order valence-corrected chi connectivity index (χ2v) is 5.00. The van der Waals surface area contributed by atoms with Gasteiger partial charge in [-0.3, -0.25) is 0 Å². The third kappa shape index (κ3) is 2.14. The molecule has 0 saturated heterocycles. The number of hydrogen-bond acceptors (Lipinski definition) is 5. The summed E-state index contributed by atoms with van der Waals surface area (Å²) in [5.41, 5.74) is 1.56. The minimum Gasteiger partial charge on any atom is -0.504 e. The molecule has 1 aromatic carbocycles. The van der Waals surface area contributed by atoms with Gasteiger partial charge in [-0.25, -0.2) is 4.79 Å². The lowest BCUT2D eigenvalue weighted by atomic mass is 10.0. The molecular weight excluding hydrogens is 330 g/mol. The van der Waals surface area contributed by atoms with Crippen molar-refractivity contribution in [2.45, 2.75) is 13.8 Å². The van der Waals surface area contributed by atoms with Gasteiger partial charge in [0.2, 0.25) is 0 Å². The first-order valence-corrected chi connectivity index (χ1v) is 6.43. The van der Waals surface area contributed by atoms with E-state index in [2.05, 4.69) is 21.1 Å². The summed E-state index contributed by atoms with van der Waals surface area (Å²) in [6, 6.07) is 1.26. The molecule has 1 aromatic heterocycles. The van der Waals surface area contributed by atoms with Crippen LogP contribution in [0.1, 0.15) is 21.6 Å². The number of carbonyl (C=O) groups is 1. The molecule has 106 valence electrons. The van der Waals surface area contributed by atoms with Crippen LogP contribution in [0, 0.1) is 13.8 Å². The third-order valence-corrected chi connectivity index (χ3v) is 4.20. The lowest BCUT2D eigenvalue weighted by Crippen LogP contribution is -1.96. The van der Waals surface area contributed by atoms with Gasteiger partial charge >= 0.3 is 5.97 Å². The molecule has 2 N–H and O–H groups in total. The van der Waals surface area contributed by atoms with E-state index in [0.29, 0.717) is 16.9 Å². The number of carboxylic acids is 1. The van der Waals surface area contributed by atoms with E-state index in [9.17, 15) is 9.90 Å². The first-order chi connectivity index (χ1) is 9.38. The van der Waals surface area contributed by atoms with Crippen molar-refractivity contribution in [1.82, 2.24) is 5.16 Å². The Balaban J connectivity index is 2.72. The molecule has 2 aromatic rings. The monoisotopic (exact) mass is 341 g/mol. The van der Waals surface area contributed by atoms with E-state index in [1.54, 1.807) is 13.8 Å². The fourth-order valence-corrected chi connectivity index (χ4v) is 2.38. The van der Waals surface area contributed by atoms with Gasteiger partial charge in [0.05, 0.1) is 12.7 Å². The minimum atomic E-state index is -1.20. The average Bonchev–Trinajstić information content (AvgIpc) is 2.87. The zero-order valence-electron chi connectivity index (χ0n) is 11.0. The van der Waals surface area contributed by atoms with Gasteiger partial charge < -0.3 is 19.5 Å². The Kier molecular flexibility index (Phi) is 3.71. The molecule has 0 spiro atoms. The maximum atomic E-state index is 10.8. The van der Waals surface area contributed by atoms with Crippen molar-refractivity contribution in [2.75, 3.05) is 7.11 Å². The average molecular weight is 342 g/mol. The predicted octanol–water partition coefficient (Wildman–Crippen LogP) is 3.13. The number of methoxy groups -OCH3 is 1. The number of hydrogen-bond donors (Lipinski definition) is 2. The predicted molar refractivity (Wildman–Crippen MR) is 74.3 cm³/mol. The summed E-state index contributed by atoms with van der Waals surface area (Å²) in [7, 11) is 1.44. The second kappa shape index (κ2) is 5.16. The van der Waals surface area contributed by atoms with Crippen molar-refractivity contribution in [3.8, 4) is 22.8 Å². The quantitative estimate of drug-likeness (QED) is 0.890. The highest BCUT2D eigenvalue weighted by molar-refractivity contribution is 9.10. The number of halogens is 1. The molecule has 0 aliphatic heterocycles. The number of aromatic hydroxyl groups is 1. The van der Waals surface area contributed by atoms with Gasteiger partial charge in [0.1, 0.15) is 0 Å². The molecule has 0 fully saturated rings. The number of phenols is 1. The second-order valence-electron chi connectivity index (χ2n) is 4.20. The van der Waals surface area contributed by atoms with E-state index in [4.69, 9.17) is 14.4 Å². The standard InChI is InChI=1S/C13H12BrNO5/c1-5-9(8-4-7(13(17)18)15-20-8)11(16)12(19-3)6(2)10(5)14/h4,16H,1-3H3,(H,17,18). The molecule has 2 rings (SSSR count). The SMILES string of the molecule is COc1c(C)c(Br)c(C)c(-c2cc(C(=O)O)no2)c1O. The molecule has 0 radical (unpaired) electrons. The summed E-state index contributed by atoms with van der Waals surface area (Å²) in [5.74, 6) is -0.851.